The van der Waals surface area contributed by atoms with E-state index in [0.29, 0.717) is 58.5 Å². The summed E-state index contributed by atoms with van der Waals surface area (Å²) in [4.78, 5) is 36.9. The lowest BCUT2D eigenvalue weighted by atomic mass is 9.95. The molecule has 1 aliphatic carbocycles. The van der Waals surface area contributed by atoms with Gasteiger partial charge in [-0.05, 0) is 38.0 Å². The number of halogens is 1. The fourth-order valence-corrected chi connectivity index (χ4v) is 4.50. The lowest BCUT2D eigenvalue weighted by Crippen LogP contribution is -2.33. The number of Topliss-reactive ketones (excluding diaryl/α,β-unsaturated/α-hetero) is 1. The van der Waals surface area contributed by atoms with Crippen molar-refractivity contribution in [3.8, 4) is 5.69 Å². The normalized spacial score (nSPS) is 13.3. The molecule has 0 saturated carbocycles. The van der Waals surface area contributed by atoms with Gasteiger partial charge in [0.2, 0.25) is 5.95 Å². The van der Waals surface area contributed by atoms with Crippen LogP contribution in [0.2, 0.25) is 5.02 Å². The van der Waals surface area contributed by atoms with Gasteiger partial charge in [-0.3, -0.25) is 14.2 Å². The summed E-state index contributed by atoms with van der Waals surface area (Å²) in [7, 11) is 0. The van der Waals surface area contributed by atoms with E-state index in [-0.39, 0.29) is 23.8 Å². The van der Waals surface area contributed by atoms with E-state index in [1.807, 2.05) is 42.2 Å². The first-order valence-corrected chi connectivity index (χ1v) is 11.1. The Morgan fingerprint density at radius 1 is 1.12 bits per heavy atom. The molecule has 4 aromatic rings. The molecule has 0 saturated heterocycles. The Morgan fingerprint density at radius 2 is 1.91 bits per heavy atom. The van der Waals surface area contributed by atoms with Gasteiger partial charge in [0, 0.05) is 19.2 Å². The fourth-order valence-electron chi connectivity index (χ4n) is 4.28. The van der Waals surface area contributed by atoms with E-state index in [1.54, 1.807) is 16.8 Å². The van der Waals surface area contributed by atoms with Crippen LogP contribution < -0.4 is 16.2 Å². The standard InChI is InChI=1S/C23H22ClN7O2/c1-2-29(21-19-16(26-23(25)27-21)9-6-10-17(19)32)13-18-28-30-12-11-15(24)20(30)22(33)31(18)14-7-4-3-5-8-14/h3-5,7-8,11-12H,2,6,9-10,13H2,1H3,(H2,25,26,27). The highest BCUT2D eigenvalue weighted by molar-refractivity contribution is 6.33. The van der Waals surface area contributed by atoms with Crippen molar-refractivity contribution >= 4 is 34.7 Å². The Kier molecular flexibility index (Phi) is 5.33. The number of carbonyl (C=O) groups is 1. The summed E-state index contributed by atoms with van der Waals surface area (Å²) in [5, 5.41) is 5.03. The summed E-state index contributed by atoms with van der Waals surface area (Å²) in [6.07, 6.45) is 3.53. The van der Waals surface area contributed by atoms with Gasteiger partial charge in [-0.1, -0.05) is 29.8 Å². The number of ketones is 1. The van der Waals surface area contributed by atoms with E-state index in [2.05, 4.69) is 9.97 Å². The Hall–Kier alpha value is -3.72. The molecule has 3 heterocycles. The Balaban J connectivity index is 1.69. The van der Waals surface area contributed by atoms with Crippen LogP contribution in [-0.2, 0) is 13.0 Å². The highest BCUT2D eigenvalue weighted by Crippen LogP contribution is 2.29. The zero-order valence-electron chi connectivity index (χ0n) is 18.0. The van der Waals surface area contributed by atoms with Crippen molar-refractivity contribution in [3.63, 3.8) is 0 Å². The van der Waals surface area contributed by atoms with E-state index in [1.165, 1.54) is 4.52 Å². The Bertz CT molecular complexity index is 1430. The van der Waals surface area contributed by atoms with Crippen LogP contribution in [0.5, 0.6) is 0 Å². The molecule has 1 aliphatic rings. The summed E-state index contributed by atoms with van der Waals surface area (Å²) in [6.45, 7) is 2.70. The molecular formula is C23H22ClN7O2. The third kappa shape index (κ3) is 3.64. The number of benzene rings is 1. The average molecular weight is 464 g/mol. The number of nitrogens with zero attached hydrogens (tertiary/aromatic N) is 6. The Labute approximate surface area is 194 Å². The van der Waals surface area contributed by atoms with Crippen molar-refractivity contribution in [1.29, 1.82) is 0 Å². The predicted molar refractivity (Wildman–Crippen MR) is 126 cm³/mol. The quantitative estimate of drug-likeness (QED) is 0.484. The van der Waals surface area contributed by atoms with Crippen LogP contribution in [-0.4, -0.2) is 36.5 Å². The molecule has 168 valence electrons. The van der Waals surface area contributed by atoms with Crippen LogP contribution >= 0.6 is 11.6 Å². The highest BCUT2D eigenvalue weighted by atomic mass is 35.5. The van der Waals surface area contributed by atoms with Crippen molar-refractivity contribution in [3.05, 3.63) is 75.1 Å². The summed E-state index contributed by atoms with van der Waals surface area (Å²) in [5.41, 5.74) is 7.86. The number of fused-ring (bicyclic) bond motifs is 2. The van der Waals surface area contributed by atoms with Gasteiger partial charge >= 0.3 is 0 Å². The average Bonchev–Trinajstić information content (AvgIpc) is 3.18. The van der Waals surface area contributed by atoms with Crippen LogP contribution in [0.3, 0.4) is 0 Å². The minimum absolute atomic E-state index is 0.00533. The van der Waals surface area contributed by atoms with Crippen molar-refractivity contribution in [1.82, 2.24) is 24.1 Å². The molecule has 0 radical (unpaired) electrons. The number of rotatable bonds is 5. The van der Waals surface area contributed by atoms with Crippen LogP contribution in [0, 0.1) is 0 Å². The van der Waals surface area contributed by atoms with E-state index >= 15 is 0 Å². The molecule has 33 heavy (non-hydrogen) atoms. The van der Waals surface area contributed by atoms with Crippen molar-refractivity contribution in [2.75, 3.05) is 17.2 Å². The lowest BCUT2D eigenvalue weighted by Gasteiger charge is -2.27. The number of carbonyl (C=O) groups excluding carboxylic acids is 1. The summed E-state index contributed by atoms with van der Waals surface area (Å²) < 4.78 is 3.03. The summed E-state index contributed by atoms with van der Waals surface area (Å²) in [6, 6.07) is 10.9. The number of nitrogens with two attached hydrogens (primary N) is 1. The van der Waals surface area contributed by atoms with Gasteiger partial charge in [0.05, 0.1) is 28.5 Å². The van der Waals surface area contributed by atoms with Crippen LogP contribution in [0.4, 0.5) is 11.8 Å². The molecule has 9 nitrogen and oxygen atoms in total. The predicted octanol–water partition coefficient (Wildman–Crippen LogP) is 3.06. The molecule has 2 N–H and O–H groups in total. The minimum Gasteiger partial charge on any atom is -0.368 e. The molecule has 0 amide bonds. The summed E-state index contributed by atoms with van der Waals surface area (Å²) in [5.74, 6) is 1.08. The van der Waals surface area contributed by atoms with Gasteiger partial charge < -0.3 is 10.6 Å². The maximum absolute atomic E-state index is 13.5. The van der Waals surface area contributed by atoms with Crippen molar-refractivity contribution < 1.29 is 4.79 Å². The van der Waals surface area contributed by atoms with Crippen LogP contribution in [0.1, 0.15) is 41.6 Å². The second kappa shape index (κ2) is 8.32. The third-order valence-electron chi connectivity index (χ3n) is 5.81. The molecule has 0 spiro atoms. The van der Waals surface area contributed by atoms with Crippen molar-refractivity contribution in [2.24, 2.45) is 0 Å². The van der Waals surface area contributed by atoms with Gasteiger partial charge in [0.1, 0.15) is 11.3 Å². The van der Waals surface area contributed by atoms with E-state index in [0.717, 1.165) is 6.42 Å². The first kappa shape index (κ1) is 21.1. The topological polar surface area (TPSA) is 111 Å². The zero-order valence-corrected chi connectivity index (χ0v) is 18.8. The van der Waals surface area contributed by atoms with E-state index in [9.17, 15) is 9.59 Å². The summed E-state index contributed by atoms with van der Waals surface area (Å²) >= 11 is 6.28. The highest BCUT2D eigenvalue weighted by Gasteiger charge is 2.28. The molecule has 10 heteroatoms. The molecule has 0 bridgehead atoms. The molecule has 0 aliphatic heterocycles. The number of hydrogen-bond donors (Lipinski definition) is 1. The van der Waals surface area contributed by atoms with Gasteiger partial charge in [-0.2, -0.15) is 10.1 Å². The molecule has 3 aromatic heterocycles. The molecular weight excluding hydrogens is 442 g/mol. The van der Waals surface area contributed by atoms with Gasteiger partial charge in [-0.15, -0.1) is 0 Å². The maximum atomic E-state index is 13.5. The molecule has 0 fully saturated rings. The second-order valence-electron chi connectivity index (χ2n) is 7.87. The first-order valence-electron chi connectivity index (χ1n) is 10.8. The van der Waals surface area contributed by atoms with Gasteiger partial charge in [0.15, 0.2) is 11.6 Å². The molecule has 1 aromatic carbocycles. The smallest absolute Gasteiger partial charge is 0.284 e. The second-order valence-corrected chi connectivity index (χ2v) is 8.27. The minimum atomic E-state index is -0.280. The Morgan fingerprint density at radius 3 is 2.67 bits per heavy atom. The number of aryl methyl sites for hydroxylation is 1. The third-order valence-corrected chi connectivity index (χ3v) is 6.12. The first-order chi connectivity index (χ1) is 16.0. The maximum Gasteiger partial charge on any atom is 0.284 e. The number of anilines is 2. The number of hydrogen-bond acceptors (Lipinski definition) is 7. The van der Waals surface area contributed by atoms with Crippen molar-refractivity contribution in [2.45, 2.75) is 32.7 Å². The lowest BCUT2D eigenvalue weighted by molar-refractivity contribution is 0.0971. The zero-order chi connectivity index (χ0) is 23.1. The number of nitrogen functional groups attached to an aromatic ring is 1. The fraction of sp³-hybridized carbons (Fsp3) is 0.261. The monoisotopic (exact) mass is 463 g/mol. The van der Waals surface area contributed by atoms with E-state index in [4.69, 9.17) is 22.4 Å². The largest absolute Gasteiger partial charge is 0.368 e. The molecule has 0 unspecified atom stereocenters. The SMILES string of the molecule is CCN(Cc1nn2ccc(Cl)c2c(=O)n1-c1ccccc1)c1nc(N)nc2c1C(=O)CCC2. The van der Waals surface area contributed by atoms with E-state index < -0.39 is 0 Å². The number of para-hydroxylation sites is 1. The van der Waals surface area contributed by atoms with Crippen LogP contribution in [0.25, 0.3) is 11.2 Å². The van der Waals surface area contributed by atoms with Gasteiger partial charge in [-0.25, -0.2) is 9.50 Å². The van der Waals surface area contributed by atoms with Crippen LogP contribution in [0.15, 0.2) is 47.4 Å². The number of aromatic nitrogens is 5. The molecule has 0 atom stereocenters. The van der Waals surface area contributed by atoms with Gasteiger partial charge in [0.25, 0.3) is 5.56 Å². The molecule has 5 rings (SSSR count).